The summed E-state index contributed by atoms with van der Waals surface area (Å²) in [6, 6.07) is 17.4. The van der Waals surface area contributed by atoms with Gasteiger partial charge in [-0.15, -0.1) is 0 Å². The van der Waals surface area contributed by atoms with Crippen molar-refractivity contribution in [3.63, 3.8) is 0 Å². The number of rotatable bonds is 4. The number of Topliss-reactive ketones (excluding diaryl/α,β-unsaturated/α-hetero) is 1. The van der Waals surface area contributed by atoms with Gasteiger partial charge in [0.05, 0.1) is 17.6 Å². The molecule has 4 rings (SSSR count). The van der Waals surface area contributed by atoms with Crippen LogP contribution in [0.5, 0.6) is 0 Å². The fourth-order valence-electron chi connectivity index (χ4n) is 3.69. The van der Waals surface area contributed by atoms with Crippen LogP contribution in [0.4, 0.5) is 0 Å². The number of imidazole rings is 1. The molecule has 1 aliphatic rings. The molecule has 0 radical (unpaired) electrons. The highest BCUT2D eigenvalue weighted by molar-refractivity contribution is 5.97. The summed E-state index contributed by atoms with van der Waals surface area (Å²) >= 11 is 0. The van der Waals surface area contributed by atoms with Gasteiger partial charge in [-0.1, -0.05) is 42.5 Å². The number of carbonyl (C=O) groups is 1. The number of aromatic amines is 1. The Kier molecular flexibility index (Phi) is 4.24. The Morgan fingerprint density at radius 2 is 1.68 bits per heavy atom. The third-order valence-electron chi connectivity index (χ3n) is 5.01. The summed E-state index contributed by atoms with van der Waals surface area (Å²) in [5.41, 5.74) is 2.57. The van der Waals surface area contributed by atoms with Crippen LogP contribution >= 0.6 is 0 Å². The van der Waals surface area contributed by atoms with E-state index in [1.54, 1.807) is 0 Å². The average Bonchev–Trinajstić information content (AvgIpc) is 2.99. The molecular formula is C20H21N3O2. The van der Waals surface area contributed by atoms with E-state index in [1.165, 1.54) is 0 Å². The Balaban J connectivity index is 1.44. The van der Waals surface area contributed by atoms with Crippen LogP contribution in [-0.4, -0.2) is 39.9 Å². The van der Waals surface area contributed by atoms with E-state index in [2.05, 4.69) is 9.88 Å². The minimum atomic E-state index is -0.0417. The molecule has 1 aliphatic heterocycles. The van der Waals surface area contributed by atoms with Gasteiger partial charge in [0, 0.05) is 24.7 Å². The Morgan fingerprint density at radius 1 is 1.00 bits per heavy atom. The number of likely N-dealkylation sites (tertiary alicyclic amines) is 1. The van der Waals surface area contributed by atoms with E-state index in [4.69, 9.17) is 0 Å². The zero-order chi connectivity index (χ0) is 17.2. The number of benzene rings is 2. The summed E-state index contributed by atoms with van der Waals surface area (Å²) in [6.45, 7) is 2.10. The Hall–Kier alpha value is -2.66. The number of aromatic nitrogens is 2. The largest absolute Gasteiger partial charge is 0.326 e. The number of nitrogens with one attached hydrogen (secondary N) is 1. The number of hydrogen-bond donors (Lipinski definition) is 1. The summed E-state index contributed by atoms with van der Waals surface area (Å²) in [4.78, 5) is 29.8. The monoisotopic (exact) mass is 335 g/mol. The number of ketones is 1. The number of nitrogens with zero attached hydrogens (tertiary/aromatic N) is 2. The van der Waals surface area contributed by atoms with Gasteiger partial charge < -0.3 is 4.98 Å². The van der Waals surface area contributed by atoms with Gasteiger partial charge in [0.2, 0.25) is 0 Å². The zero-order valence-corrected chi connectivity index (χ0v) is 14.0. The van der Waals surface area contributed by atoms with Gasteiger partial charge >= 0.3 is 5.69 Å². The van der Waals surface area contributed by atoms with Gasteiger partial charge in [0.15, 0.2) is 5.78 Å². The van der Waals surface area contributed by atoms with E-state index in [0.717, 1.165) is 42.5 Å². The summed E-state index contributed by atoms with van der Waals surface area (Å²) < 4.78 is 1.88. The van der Waals surface area contributed by atoms with Crippen LogP contribution in [0.1, 0.15) is 29.2 Å². The van der Waals surface area contributed by atoms with Crippen LogP contribution < -0.4 is 5.69 Å². The molecule has 0 saturated carbocycles. The molecule has 1 saturated heterocycles. The molecule has 0 atom stereocenters. The minimum Gasteiger partial charge on any atom is -0.306 e. The van der Waals surface area contributed by atoms with Gasteiger partial charge in [-0.25, -0.2) is 4.79 Å². The van der Waals surface area contributed by atoms with Gasteiger partial charge in [-0.3, -0.25) is 14.3 Å². The Bertz CT molecular complexity index is 934. The van der Waals surface area contributed by atoms with Crippen molar-refractivity contribution in [2.24, 2.45) is 0 Å². The second-order valence-corrected chi connectivity index (χ2v) is 6.61. The lowest BCUT2D eigenvalue weighted by Crippen LogP contribution is -2.39. The highest BCUT2D eigenvalue weighted by atomic mass is 16.1. The van der Waals surface area contributed by atoms with Gasteiger partial charge in [-0.2, -0.15) is 0 Å². The molecule has 0 spiro atoms. The lowest BCUT2D eigenvalue weighted by molar-refractivity contribution is 0.0898. The van der Waals surface area contributed by atoms with Gasteiger partial charge in [0.25, 0.3) is 0 Å². The average molecular weight is 335 g/mol. The topological polar surface area (TPSA) is 58.1 Å². The van der Waals surface area contributed by atoms with Gasteiger partial charge in [-0.05, 0) is 25.0 Å². The van der Waals surface area contributed by atoms with Crippen LogP contribution in [0, 0.1) is 0 Å². The molecule has 1 fully saturated rings. The predicted molar refractivity (Wildman–Crippen MR) is 98.0 cm³/mol. The minimum absolute atomic E-state index is 0.0417. The Morgan fingerprint density at radius 3 is 2.44 bits per heavy atom. The van der Waals surface area contributed by atoms with Crippen LogP contribution in [0.2, 0.25) is 0 Å². The maximum Gasteiger partial charge on any atom is 0.326 e. The molecule has 0 unspecified atom stereocenters. The number of para-hydroxylation sites is 2. The summed E-state index contributed by atoms with van der Waals surface area (Å²) in [6.07, 6.45) is 1.76. The second kappa shape index (κ2) is 6.69. The van der Waals surface area contributed by atoms with E-state index in [9.17, 15) is 9.59 Å². The number of hydrogen-bond acceptors (Lipinski definition) is 3. The molecule has 2 heterocycles. The van der Waals surface area contributed by atoms with Crippen molar-refractivity contribution < 1.29 is 4.79 Å². The first-order valence-electron chi connectivity index (χ1n) is 8.72. The molecule has 1 N–H and O–H groups in total. The van der Waals surface area contributed by atoms with Crippen molar-refractivity contribution in [1.29, 1.82) is 0 Å². The molecule has 0 bridgehead atoms. The SMILES string of the molecule is O=C(CN1CCC(n2c(=O)[nH]c3ccccc32)CC1)c1ccccc1. The van der Waals surface area contributed by atoms with Crippen molar-refractivity contribution in [2.75, 3.05) is 19.6 Å². The van der Waals surface area contributed by atoms with Crippen molar-refractivity contribution in [1.82, 2.24) is 14.5 Å². The van der Waals surface area contributed by atoms with Crippen molar-refractivity contribution in [3.05, 3.63) is 70.6 Å². The quantitative estimate of drug-likeness (QED) is 0.746. The summed E-state index contributed by atoms with van der Waals surface area (Å²) in [5.74, 6) is 0.156. The third-order valence-corrected chi connectivity index (χ3v) is 5.01. The lowest BCUT2D eigenvalue weighted by Gasteiger charge is -2.32. The molecule has 1 aromatic heterocycles. The fourth-order valence-corrected chi connectivity index (χ4v) is 3.69. The van der Waals surface area contributed by atoms with Gasteiger partial charge in [0.1, 0.15) is 0 Å². The zero-order valence-electron chi connectivity index (χ0n) is 14.0. The maximum atomic E-state index is 12.4. The number of H-pyrrole nitrogens is 1. The smallest absolute Gasteiger partial charge is 0.306 e. The standard InChI is InChI=1S/C20H21N3O2/c24-19(15-6-2-1-3-7-15)14-22-12-10-16(11-13-22)23-18-9-5-4-8-17(18)21-20(23)25/h1-9,16H,10-14H2,(H,21,25). The molecule has 3 aromatic rings. The first-order chi connectivity index (χ1) is 12.2. The van der Waals surface area contributed by atoms with E-state index < -0.39 is 0 Å². The fraction of sp³-hybridized carbons (Fsp3) is 0.300. The second-order valence-electron chi connectivity index (χ2n) is 6.61. The van der Waals surface area contributed by atoms with Crippen LogP contribution in [0.25, 0.3) is 11.0 Å². The van der Waals surface area contributed by atoms with Crippen LogP contribution in [0.15, 0.2) is 59.4 Å². The number of piperidine rings is 1. The molecule has 5 nitrogen and oxygen atoms in total. The number of carbonyl (C=O) groups excluding carboxylic acids is 1. The summed E-state index contributed by atoms with van der Waals surface area (Å²) in [5, 5.41) is 0. The first kappa shape index (κ1) is 15.8. The lowest BCUT2D eigenvalue weighted by atomic mass is 10.0. The normalized spacial score (nSPS) is 16.3. The van der Waals surface area contributed by atoms with E-state index in [1.807, 2.05) is 59.2 Å². The third kappa shape index (κ3) is 3.15. The van der Waals surface area contributed by atoms with Crippen molar-refractivity contribution in [2.45, 2.75) is 18.9 Å². The van der Waals surface area contributed by atoms with Crippen molar-refractivity contribution >= 4 is 16.8 Å². The first-order valence-corrected chi connectivity index (χ1v) is 8.72. The highest BCUT2D eigenvalue weighted by Gasteiger charge is 2.24. The number of fused-ring (bicyclic) bond motifs is 1. The molecule has 128 valence electrons. The molecule has 0 aliphatic carbocycles. The molecule has 25 heavy (non-hydrogen) atoms. The Labute approximate surface area is 145 Å². The molecule has 5 heteroatoms. The van der Waals surface area contributed by atoms with E-state index >= 15 is 0 Å². The molecule has 0 amide bonds. The van der Waals surface area contributed by atoms with E-state index in [0.29, 0.717) is 6.54 Å². The maximum absolute atomic E-state index is 12.4. The predicted octanol–water partition coefficient (Wildman–Crippen LogP) is 2.85. The highest BCUT2D eigenvalue weighted by Crippen LogP contribution is 2.24. The van der Waals surface area contributed by atoms with Crippen molar-refractivity contribution in [3.8, 4) is 0 Å². The molecular weight excluding hydrogens is 314 g/mol. The molecule has 2 aromatic carbocycles. The van der Waals surface area contributed by atoms with Crippen LogP contribution in [0.3, 0.4) is 0 Å². The van der Waals surface area contributed by atoms with Crippen LogP contribution in [-0.2, 0) is 0 Å². The van der Waals surface area contributed by atoms with E-state index in [-0.39, 0.29) is 17.5 Å². The summed E-state index contributed by atoms with van der Waals surface area (Å²) in [7, 11) is 0.